The number of amides is 1. The van der Waals surface area contributed by atoms with E-state index in [1.165, 1.54) is 16.8 Å². The Morgan fingerprint density at radius 2 is 1.76 bits per heavy atom. The molecule has 5 rings (SSSR count). The minimum atomic E-state index is -0.506. The van der Waals surface area contributed by atoms with E-state index in [1.54, 1.807) is 43.8 Å². The van der Waals surface area contributed by atoms with E-state index in [0.717, 1.165) is 0 Å². The van der Waals surface area contributed by atoms with Gasteiger partial charge in [0.2, 0.25) is 0 Å². The molecule has 1 amide bonds. The van der Waals surface area contributed by atoms with Gasteiger partial charge in [-0.2, -0.15) is 0 Å². The van der Waals surface area contributed by atoms with E-state index in [9.17, 15) is 14.0 Å². The fourth-order valence-electron chi connectivity index (χ4n) is 3.94. The second kappa shape index (κ2) is 8.11. The van der Waals surface area contributed by atoms with E-state index >= 15 is 0 Å². The molecule has 3 heterocycles. The number of para-hydroxylation sites is 1. The first-order valence-electron chi connectivity index (χ1n) is 10.5. The summed E-state index contributed by atoms with van der Waals surface area (Å²) in [6.45, 7) is 3.46. The number of carbonyl (C=O) groups excluding carboxylic acids is 1. The smallest absolute Gasteiger partial charge is 0.295 e. The number of hydrogen-bond acceptors (Lipinski definition) is 5. The Morgan fingerprint density at radius 1 is 1.06 bits per heavy atom. The first kappa shape index (κ1) is 21.3. The summed E-state index contributed by atoms with van der Waals surface area (Å²) < 4.78 is 21.9. The SMILES string of the molecule is Cc1noc2nc(-c3ccc(F)cc3)cc(C(=O)Nc3c(C)n(C)n(-c4ccccc4)c3=O)c12. The van der Waals surface area contributed by atoms with Gasteiger partial charge >= 0.3 is 0 Å². The van der Waals surface area contributed by atoms with Crippen molar-refractivity contribution in [2.24, 2.45) is 7.05 Å². The summed E-state index contributed by atoms with van der Waals surface area (Å²) in [6.07, 6.45) is 0. The van der Waals surface area contributed by atoms with Gasteiger partial charge in [-0.25, -0.2) is 14.1 Å². The molecule has 0 bridgehead atoms. The average molecular weight is 457 g/mol. The predicted molar refractivity (Wildman–Crippen MR) is 126 cm³/mol. The molecule has 0 atom stereocenters. The summed E-state index contributed by atoms with van der Waals surface area (Å²) in [5.41, 5.74) is 3.02. The molecule has 1 N–H and O–H groups in total. The lowest BCUT2D eigenvalue weighted by molar-refractivity contribution is 0.102. The van der Waals surface area contributed by atoms with Crippen molar-refractivity contribution in [3.8, 4) is 16.9 Å². The lowest BCUT2D eigenvalue weighted by Gasteiger charge is -2.08. The van der Waals surface area contributed by atoms with Crippen molar-refractivity contribution in [3.05, 3.63) is 93.8 Å². The van der Waals surface area contributed by atoms with Gasteiger partial charge in [-0.1, -0.05) is 23.4 Å². The summed E-state index contributed by atoms with van der Waals surface area (Å²) >= 11 is 0. The summed E-state index contributed by atoms with van der Waals surface area (Å²) in [5, 5.41) is 7.16. The van der Waals surface area contributed by atoms with E-state index in [1.807, 2.05) is 30.3 Å². The zero-order valence-electron chi connectivity index (χ0n) is 18.7. The van der Waals surface area contributed by atoms with Crippen molar-refractivity contribution >= 4 is 22.7 Å². The van der Waals surface area contributed by atoms with E-state index in [4.69, 9.17) is 4.52 Å². The molecular weight excluding hydrogens is 437 g/mol. The van der Waals surface area contributed by atoms with Crippen molar-refractivity contribution in [1.29, 1.82) is 0 Å². The molecule has 0 saturated carbocycles. The lowest BCUT2D eigenvalue weighted by Crippen LogP contribution is -2.23. The molecule has 0 saturated heterocycles. The maximum absolute atomic E-state index is 13.5. The Hall–Kier alpha value is -4.53. The first-order chi connectivity index (χ1) is 16.3. The summed E-state index contributed by atoms with van der Waals surface area (Å²) in [5.74, 6) is -0.888. The van der Waals surface area contributed by atoms with Gasteiger partial charge in [-0.15, -0.1) is 0 Å². The molecule has 3 aromatic heterocycles. The minimum Gasteiger partial charge on any atom is -0.335 e. The van der Waals surface area contributed by atoms with Crippen LogP contribution in [0.15, 0.2) is 70.0 Å². The third-order valence-corrected chi connectivity index (χ3v) is 5.79. The van der Waals surface area contributed by atoms with Crippen LogP contribution in [0.3, 0.4) is 0 Å². The van der Waals surface area contributed by atoms with Crippen LogP contribution < -0.4 is 10.9 Å². The Morgan fingerprint density at radius 3 is 2.47 bits per heavy atom. The van der Waals surface area contributed by atoms with Gasteiger partial charge in [0.05, 0.1) is 33.7 Å². The number of hydrogen-bond donors (Lipinski definition) is 1. The van der Waals surface area contributed by atoms with Crippen LogP contribution in [0, 0.1) is 19.7 Å². The van der Waals surface area contributed by atoms with E-state index in [0.29, 0.717) is 33.7 Å². The number of carbonyl (C=O) groups is 1. The first-order valence-corrected chi connectivity index (χ1v) is 10.5. The zero-order valence-corrected chi connectivity index (χ0v) is 18.7. The Kier molecular flexibility index (Phi) is 5.09. The highest BCUT2D eigenvalue weighted by Crippen LogP contribution is 2.28. The highest BCUT2D eigenvalue weighted by molar-refractivity contribution is 6.13. The quantitative estimate of drug-likeness (QED) is 0.432. The number of aromatic nitrogens is 4. The number of halogens is 1. The second-order valence-corrected chi connectivity index (χ2v) is 7.90. The van der Waals surface area contributed by atoms with Crippen LogP contribution in [0.4, 0.5) is 10.1 Å². The number of nitrogens with zero attached hydrogens (tertiary/aromatic N) is 4. The largest absolute Gasteiger partial charge is 0.335 e. The molecule has 0 radical (unpaired) electrons. The zero-order chi connectivity index (χ0) is 24.0. The van der Waals surface area contributed by atoms with E-state index in [2.05, 4.69) is 15.5 Å². The Bertz CT molecular complexity index is 1600. The monoisotopic (exact) mass is 457 g/mol. The van der Waals surface area contributed by atoms with Crippen LogP contribution in [0.5, 0.6) is 0 Å². The molecule has 0 aliphatic heterocycles. The summed E-state index contributed by atoms with van der Waals surface area (Å²) in [7, 11) is 1.75. The highest BCUT2D eigenvalue weighted by atomic mass is 19.1. The Balaban J connectivity index is 1.60. The second-order valence-electron chi connectivity index (χ2n) is 7.90. The van der Waals surface area contributed by atoms with Crippen molar-refractivity contribution in [3.63, 3.8) is 0 Å². The minimum absolute atomic E-state index is 0.166. The van der Waals surface area contributed by atoms with Crippen LogP contribution in [0.25, 0.3) is 28.0 Å². The normalized spacial score (nSPS) is 11.2. The third-order valence-electron chi connectivity index (χ3n) is 5.79. The number of nitrogens with one attached hydrogen (secondary N) is 1. The van der Waals surface area contributed by atoms with E-state index in [-0.39, 0.29) is 28.3 Å². The van der Waals surface area contributed by atoms with Gasteiger partial charge in [0.25, 0.3) is 17.2 Å². The Labute approximate surface area is 193 Å². The van der Waals surface area contributed by atoms with Gasteiger partial charge in [0.15, 0.2) is 0 Å². The maximum Gasteiger partial charge on any atom is 0.295 e. The topological polar surface area (TPSA) is 94.9 Å². The summed E-state index contributed by atoms with van der Waals surface area (Å²) in [6, 6.07) is 16.5. The molecule has 0 aliphatic rings. The van der Waals surface area contributed by atoms with Crippen LogP contribution in [-0.2, 0) is 7.05 Å². The predicted octanol–water partition coefficient (Wildman–Crippen LogP) is 4.39. The number of rotatable bonds is 4. The molecule has 8 nitrogen and oxygen atoms in total. The number of benzene rings is 2. The van der Waals surface area contributed by atoms with Gasteiger partial charge in [0, 0.05) is 12.6 Å². The van der Waals surface area contributed by atoms with Crippen LogP contribution in [-0.4, -0.2) is 25.4 Å². The molecule has 34 heavy (non-hydrogen) atoms. The fourth-order valence-corrected chi connectivity index (χ4v) is 3.94. The van der Waals surface area contributed by atoms with Gasteiger partial charge in [0.1, 0.15) is 11.5 Å². The fraction of sp³-hybridized carbons (Fsp3) is 0.120. The van der Waals surface area contributed by atoms with Crippen molar-refractivity contribution in [2.75, 3.05) is 5.32 Å². The molecule has 0 aliphatic carbocycles. The van der Waals surface area contributed by atoms with Crippen molar-refractivity contribution in [1.82, 2.24) is 19.5 Å². The lowest BCUT2D eigenvalue weighted by atomic mass is 10.0. The van der Waals surface area contributed by atoms with Crippen LogP contribution >= 0.6 is 0 Å². The number of anilines is 1. The van der Waals surface area contributed by atoms with Gasteiger partial charge in [-0.05, 0) is 56.3 Å². The number of aryl methyl sites for hydroxylation is 1. The summed E-state index contributed by atoms with van der Waals surface area (Å²) in [4.78, 5) is 31.1. The number of pyridine rings is 1. The number of fused-ring (bicyclic) bond motifs is 1. The molecule has 170 valence electrons. The molecule has 0 spiro atoms. The third kappa shape index (κ3) is 3.47. The van der Waals surface area contributed by atoms with Crippen molar-refractivity contribution in [2.45, 2.75) is 13.8 Å². The van der Waals surface area contributed by atoms with Gasteiger partial charge in [-0.3, -0.25) is 14.3 Å². The van der Waals surface area contributed by atoms with Crippen LogP contribution in [0.2, 0.25) is 0 Å². The molecule has 2 aromatic carbocycles. The molecule has 9 heteroatoms. The molecule has 0 unspecified atom stereocenters. The van der Waals surface area contributed by atoms with Crippen LogP contribution in [0.1, 0.15) is 21.7 Å². The average Bonchev–Trinajstić information content (AvgIpc) is 3.32. The molecule has 5 aromatic rings. The van der Waals surface area contributed by atoms with Crippen molar-refractivity contribution < 1.29 is 13.7 Å². The van der Waals surface area contributed by atoms with E-state index < -0.39 is 5.91 Å². The van der Waals surface area contributed by atoms with Gasteiger partial charge < -0.3 is 9.84 Å². The standard InChI is InChI=1S/C25H20FN5O3/c1-14-21-19(13-20(27-24(21)34-29-14)16-9-11-17(26)12-10-16)23(32)28-22-15(2)30(3)31(25(22)33)18-7-5-4-6-8-18/h4-13H,1-3H3,(H,28,32). The molecular formula is C25H20FN5O3. The highest BCUT2D eigenvalue weighted by Gasteiger charge is 2.23. The molecule has 0 fully saturated rings. The maximum atomic E-state index is 13.5.